The Bertz CT molecular complexity index is 794. The van der Waals surface area contributed by atoms with Crippen LogP contribution in [0.2, 0.25) is 0 Å². The Balaban J connectivity index is -0.000000602. The van der Waals surface area contributed by atoms with Crippen LogP contribution in [-0.2, 0) is 28.6 Å². The van der Waals surface area contributed by atoms with Gasteiger partial charge in [-0.15, -0.1) is 0 Å². The largest absolute Gasteiger partial charge is 0.481 e. The van der Waals surface area contributed by atoms with Crippen LogP contribution in [0, 0.1) is 35.5 Å². The highest BCUT2D eigenvalue weighted by atomic mass is 79.9. The standard InChI is InChI=1S/C14H26O3.C11H20O3.C8H14O3.C3H7Br.CH4O.CH4/c1-10(2)16-9-12-5-7-13(8-6-12)14(15)17-11(3)4;1-8(2)14-7-9-3-5-10(6-4-9)11(12)13;9-5-6-1-3-7(4-2-6)8(10)11;1-3(2)4;1-2;/h10-13H,5-9H2,1-4H3;8-10H,3-7H2,1-2H3,(H,12,13);6-7,9H,1-5H2,(H,10,11);3H,1-2H3;2H,1H3;1H4. The Morgan fingerprint density at radius 3 is 1.10 bits per heavy atom. The maximum atomic E-state index is 11.7. The summed E-state index contributed by atoms with van der Waals surface area (Å²) in [4.78, 5) is 33.6. The molecule has 11 heteroatoms. The zero-order valence-corrected chi connectivity index (χ0v) is 33.1. The number of carbonyl (C=O) groups is 3. The van der Waals surface area contributed by atoms with Gasteiger partial charge in [-0.25, -0.2) is 0 Å². The molecule has 49 heavy (non-hydrogen) atoms. The second-order valence-electron chi connectivity index (χ2n) is 14.3. The molecule has 0 aliphatic heterocycles. The van der Waals surface area contributed by atoms with Gasteiger partial charge in [0.1, 0.15) is 0 Å². The summed E-state index contributed by atoms with van der Waals surface area (Å²) in [6, 6.07) is 0. The fraction of sp³-hybridized carbons (Fsp3) is 0.921. The van der Waals surface area contributed by atoms with Crippen LogP contribution in [0.15, 0.2) is 0 Å². The van der Waals surface area contributed by atoms with Crippen LogP contribution < -0.4 is 0 Å². The van der Waals surface area contributed by atoms with Gasteiger partial charge in [0.25, 0.3) is 0 Å². The van der Waals surface area contributed by atoms with E-state index in [9.17, 15) is 14.4 Å². The average Bonchev–Trinajstić information content (AvgIpc) is 3.04. The third-order valence-electron chi connectivity index (χ3n) is 8.51. The number of aliphatic hydroxyl groups excluding tert-OH is 2. The number of esters is 1. The lowest BCUT2D eigenvalue weighted by atomic mass is 9.82. The zero-order valence-electron chi connectivity index (χ0n) is 31.5. The Kier molecular flexibility index (Phi) is 33.5. The summed E-state index contributed by atoms with van der Waals surface area (Å²) in [5.41, 5.74) is 0. The number of aliphatic hydroxyl groups is 2. The number of carboxylic acids is 2. The number of hydrogen-bond donors (Lipinski definition) is 4. The molecular weight excluding hydrogens is 696 g/mol. The molecule has 0 heterocycles. The average molecular weight is 772 g/mol. The number of carboxylic acid groups (broad SMARTS) is 2. The van der Waals surface area contributed by atoms with Gasteiger partial charge in [0.2, 0.25) is 0 Å². The van der Waals surface area contributed by atoms with Gasteiger partial charge in [-0.3, -0.25) is 14.4 Å². The minimum Gasteiger partial charge on any atom is -0.481 e. The number of ether oxygens (including phenoxy) is 3. The van der Waals surface area contributed by atoms with Gasteiger partial charge < -0.3 is 34.6 Å². The van der Waals surface area contributed by atoms with Gasteiger partial charge in [0.15, 0.2) is 0 Å². The molecule has 10 nitrogen and oxygen atoms in total. The summed E-state index contributed by atoms with van der Waals surface area (Å²) >= 11 is 3.27. The molecule has 0 aromatic carbocycles. The summed E-state index contributed by atoms with van der Waals surface area (Å²) in [6.07, 6.45) is 11.5. The minimum absolute atomic E-state index is 0. The summed E-state index contributed by atoms with van der Waals surface area (Å²) in [7, 11) is 1.00. The van der Waals surface area contributed by atoms with Crippen molar-refractivity contribution in [2.75, 3.05) is 26.9 Å². The van der Waals surface area contributed by atoms with E-state index in [1.165, 1.54) is 0 Å². The third-order valence-corrected chi connectivity index (χ3v) is 8.51. The molecule has 3 fully saturated rings. The Hall–Kier alpha value is -1.27. The van der Waals surface area contributed by atoms with Crippen LogP contribution >= 0.6 is 15.9 Å². The predicted octanol–water partition coefficient (Wildman–Crippen LogP) is 8.38. The molecule has 0 aromatic rings. The summed E-state index contributed by atoms with van der Waals surface area (Å²) in [6.45, 7) is 18.0. The highest BCUT2D eigenvalue weighted by Crippen LogP contribution is 2.31. The van der Waals surface area contributed by atoms with Crippen LogP contribution in [0.1, 0.15) is 140 Å². The maximum Gasteiger partial charge on any atom is 0.309 e. The van der Waals surface area contributed by atoms with Gasteiger partial charge in [0, 0.05) is 31.8 Å². The van der Waals surface area contributed by atoms with Crippen molar-refractivity contribution in [2.24, 2.45) is 35.5 Å². The predicted molar refractivity (Wildman–Crippen MR) is 201 cm³/mol. The van der Waals surface area contributed by atoms with Crippen molar-refractivity contribution in [1.82, 2.24) is 0 Å². The number of rotatable bonds is 11. The second-order valence-corrected chi connectivity index (χ2v) is 16.1. The Morgan fingerprint density at radius 2 is 0.857 bits per heavy atom. The molecule has 0 radical (unpaired) electrons. The van der Waals surface area contributed by atoms with E-state index in [4.69, 9.17) is 34.6 Å². The van der Waals surface area contributed by atoms with Gasteiger partial charge in [0.05, 0.1) is 36.1 Å². The molecule has 294 valence electrons. The monoisotopic (exact) mass is 770 g/mol. The fourth-order valence-electron chi connectivity index (χ4n) is 5.72. The quantitative estimate of drug-likeness (QED) is 0.119. The minimum atomic E-state index is -0.679. The Morgan fingerprint density at radius 1 is 0.571 bits per heavy atom. The first kappa shape index (κ1) is 52.1. The number of hydrogen-bond acceptors (Lipinski definition) is 8. The van der Waals surface area contributed by atoms with Gasteiger partial charge >= 0.3 is 17.9 Å². The first-order valence-electron chi connectivity index (χ1n) is 18.1. The normalized spacial score (nSPS) is 24.7. The van der Waals surface area contributed by atoms with E-state index in [1.807, 2.05) is 27.7 Å². The smallest absolute Gasteiger partial charge is 0.309 e. The first-order chi connectivity index (χ1) is 22.5. The zero-order chi connectivity index (χ0) is 37.2. The Labute approximate surface area is 307 Å². The van der Waals surface area contributed by atoms with Crippen molar-refractivity contribution in [2.45, 2.75) is 163 Å². The SMILES string of the molecule is C.CC(C)Br.CC(C)OCC1CCC(C(=O)O)CC1.CC(C)OCC1CCC(C(=O)OC(C)C)CC1.CO.O=C(O)C1CCC(CO)CC1. The van der Waals surface area contributed by atoms with Crippen molar-refractivity contribution in [1.29, 1.82) is 0 Å². The van der Waals surface area contributed by atoms with Crippen LogP contribution in [0.3, 0.4) is 0 Å². The van der Waals surface area contributed by atoms with E-state index < -0.39 is 11.9 Å². The van der Waals surface area contributed by atoms with Crippen molar-refractivity contribution in [3.63, 3.8) is 0 Å². The van der Waals surface area contributed by atoms with Crippen LogP contribution in [0.25, 0.3) is 0 Å². The van der Waals surface area contributed by atoms with Crippen LogP contribution in [-0.4, -0.2) is 88.4 Å². The topological polar surface area (TPSA) is 160 Å². The van der Waals surface area contributed by atoms with E-state index in [-0.39, 0.29) is 50.0 Å². The first-order valence-corrected chi connectivity index (χ1v) is 19.1. The molecule has 0 saturated heterocycles. The van der Waals surface area contributed by atoms with Gasteiger partial charge in [-0.2, -0.15) is 0 Å². The van der Waals surface area contributed by atoms with Gasteiger partial charge in [-0.05, 0) is 136 Å². The molecule has 3 aliphatic carbocycles. The van der Waals surface area contributed by atoms with E-state index in [2.05, 4.69) is 43.6 Å². The lowest BCUT2D eigenvalue weighted by Crippen LogP contribution is -2.27. The molecule has 3 rings (SSSR count). The molecule has 3 saturated carbocycles. The summed E-state index contributed by atoms with van der Waals surface area (Å²) in [5, 5.41) is 33.2. The second kappa shape index (κ2) is 31.5. The third kappa shape index (κ3) is 29.1. The van der Waals surface area contributed by atoms with E-state index in [1.54, 1.807) is 0 Å². The maximum absolute atomic E-state index is 11.7. The van der Waals surface area contributed by atoms with E-state index in [0.29, 0.717) is 28.7 Å². The molecule has 0 atom stereocenters. The number of halogens is 1. The van der Waals surface area contributed by atoms with Crippen molar-refractivity contribution >= 4 is 33.8 Å². The number of alkyl halides is 1. The highest BCUT2D eigenvalue weighted by Gasteiger charge is 2.28. The molecule has 0 bridgehead atoms. The molecular formula is C38H75BrO10. The molecule has 3 aliphatic rings. The molecule has 0 spiro atoms. The van der Waals surface area contributed by atoms with Crippen LogP contribution in [0.4, 0.5) is 0 Å². The van der Waals surface area contributed by atoms with Crippen molar-refractivity contribution in [3.05, 3.63) is 0 Å². The fourth-order valence-corrected chi connectivity index (χ4v) is 5.72. The molecule has 0 unspecified atom stereocenters. The summed E-state index contributed by atoms with van der Waals surface area (Å²) < 4.78 is 16.4. The lowest BCUT2D eigenvalue weighted by molar-refractivity contribution is -0.154. The van der Waals surface area contributed by atoms with Gasteiger partial charge in [-0.1, -0.05) is 37.2 Å². The van der Waals surface area contributed by atoms with E-state index in [0.717, 1.165) is 97.4 Å². The number of aliphatic carboxylic acids is 2. The van der Waals surface area contributed by atoms with Crippen LogP contribution in [0.5, 0.6) is 0 Å². The molecule has 0 amide bonds. The van der Waals surface area contributed by atoms with Crippen molar-refractivity contribution < 1.29 is 49.0 Å². The lowest BCUT2D eigenvalue weighted by Gasteiger charge is -2.28. The number of carbonyl (C=O) groups excluding carboxylic acids is 1. The van der Waals surface area contributed by atoms with E-state index >= 15 is 0 Å². The molecule has 0 aromatic heterocycles. The summed E-state index contributed by atoms with van der Waals surface area (Å²) in [5.74, 6) is 0.0905. The van der Waals surface area contributed by atoms with Crippen molar-refractivity contribution in [3.8, 4) is 0 Å². The highest BCUT2D eigenvalue weighted by molar-refractivity contribution is 9.09. The molecule has 4 N–H and O–H groups in total.